The van der Waals surface area contributed by atoms with Crippen molar-refractivity contribution in [3.05, 3.63) is 41.6 Å². The number of aromatic nitrogens is 2. The number of aliphatic hydroxyl groups excluding tert-OH is 1. The van der Waals surface area contributed by atoms with Gasteiger partial charge in [-0.25, -0.2) is 9.48 Å². The smallest absolute Gasteiger partial charge is 0.320 e. The molecule has 0 fully saturated rings. The number of carbonyl (C=O) groups excluding carboxylic acids is 1. The minimum Gasteiger partial charge on any atom is -0.393 e. The standard InChI is InChI=1S/C18H26N4O2/c1-12-5-7-16(8-6-12)22-14(3)10-17(21-22)20-18(24)19-11-13(2)9-15(4)23/h5-8,10,13,15,23H,9,11H2,1-4H3,(H2,19,20,21,24). The number of aliphatic hydroxyl groups is 1. The number of urea groups is 1. The molecule has 1 aromatic carbocycles. The Morgan fingerprint density at radius 2 is 1.92 bits per heavy atom. The van der Waals surface area contributed by atoms with E-state index in [9.17, 15) is 9.90 Å². The van der Waals surface area contributed by atoms with Gasteiger partial charge in [0.2, 0.25) is 0 Å². The summed E-state index contributed by atoms with van der Waals surface area (Å²) in [4.78, 5) is 12.0. The van der Waals surface area contributed by atoms with Crippen molar-refractivity contribution >= 4 is 11.8 Å². The van der Waals surface area contributed by atoms with Crippen LogP contribution in [0.5, 0.6) is 0 Å². The second-order valence-corrected chi connectivity index (χ2v) is 6.44. The first kappa shape index (κ1) is 18.0. The first-order chi connectivity index (χ1) is 11.3. The molecule has 2 aromatic rings. The molecular weight excluding hydrogens is 304 g/mol. The van der Waals surface area contributed by atoms with E-state index in [1.165, 1.54) is 5.56 Å². The van der Waals surface area contributed by atoms with E-state index in [0.717, 1.165) is 11.4 Å². The minimum absolute atomic E-state index is 0.211. The number of nitrogens with one attached hydrogen (secondary N) is 2. The van der Waals surface area contributed by atoms with E-state index < -0.39 is 0 Å². The lowest BCUT2D eigenvalue weighted by molar-refractivity contribution is 0.163. The Kier molecular flexibility index (Phi) is 5.98. The van der Waals surface area contributed by atoms with Crippen LogP contribution in [0.3, 0.4) is 0 Å². The van der Waals surface area contributed by atoms with Crippen LogP contribution in [-0.2, 0) is 0 Å². The molecule has 6 nitrogen and oxygen atoms in total. The lowest BCUT2D eigenvalue weighted by atomic mass is 10.1. The van der Waals surface area contributed by atoms with Crippen LogP contribution in [0.25, 0.3) is 5.69 Å². The molecule has 3 N–H and O–H groups in total. The molecule has 6 heteroatoms. The second kappa shape index (κ2) is 7.97. The highest BCUT2D eigenvalue weighted by Crippen LogP contribution is 2.15. The molecule has 2 rings (SSSR count). The van der Waals surface area contributed by atoms with Gasteiger partial charge in [-0.2, -0.15) is 0 Å². The van der Waals surface area contributed by atoms with E-state index in [4.69, 9.17) is 0 Å². The molecule has 0 radical (unpaired) electrons. The molecule has 0 saturated heterocycles. The molecule has 2 unspecified atom stereocenters. The average molecular weight is 330 g/mol. The first-order valence-electron chi connectivity index (χ1n) is 8.21. The van der Waals surface area contributed by atoms with Gasteiger partial charge >= 0.3 is 6.03 Å². The zero-order valence-corrected chi connectivity index (χ0v) is 14.7. The highest BCUT2D eigenvalue weighted by Gasteiger charge is 2.11. The molecule has 0 bridgehead atoms. The number of amides is 2. The van der Waals surface area contributed by atoms with Crippen molar-refractivity contribution < 1.29 is 9.90 Å². The summed E-state index contributed by atoms with van der Waals surface area (Å²) in [6.07, 6.45) is 0.291. The molecule has 1 aromatic heterocycles. The molecule has 0 aliphatic rings. The monoisotopic (exact) mass is 330 g/mol. The van der Waals surface area contributed by atoms with Gasteiger partial charge in [0.15, 0.2) is 5.82 Å². The van der Waals surface area contributed by atoms with Gasteiger partial charge in [0.05, 0.1) is 11.8 Å². The molecule has 0 aliphatic carbocycles. The number of hydrogen-bond acceptors (Lipinski definition) is 3. The van der Waals surface area contributed by atoms with Crippen molar-refractivity contribution in [2.45, 2.75) is 40.2 Å². The van der Waals surface area contributed by atoms with Gasteiger partial charge < -0.3 is 10.4 Å². The van der Waals surface area contributed by atoms with Gasteiger partial charge in [-0.3, -0.25) is 5.32 Å². The summed E-state index contributed by atoms with van der Waals surface area (Å²) in [5.41, 5.74) is 3.08. The third kappa shape index (κ3) is 5.09. The lowest BCUT2D eigenvalue weighted by Gasteiger charge is -2.14. The summed E-state index contributed by atoms with van der Waals surface area (Å²) in [5, 5.41) is 19.3. The number of benzene rings is 1. The zero-order chi connectivity index (χ0) is 17.7. The molecule has 0 spiro atoms. The summed E-state index contributed by atoms with van der Waals surface area (Å²) in [5.74, 6) is 0.719. The Labute approximate surface area is 142 Å². The molecule has 1 heterocycles. The number of aryl methyl sites for hydroxylation is 2. The van der Waals surface area contributed by atoms with Crippen LogP contribution in [0, 0.1) is 19.8 Å². The van der Waals surface area contributed by atoms with Gasteiger partial charge in [-0.15, -0.1) is 5.10 Å². The summed E-state index contributed by atoms with van der Waals surface area (Å²) in [7, 11) is 0. The fourth-order valence-corrected chi connectivity index (χ4v) is 2.58. The third-order valence-corrected chi connectivity index (χ3v) is 3.76. The predicted molar refractivity (Wildman–Crippen MR) is 95.5 cm³/mol. The van der Waals surface area contributed by atoms with Crippen molar-refractivity contribution in [1.82, 2.24) is 15.1 Å². The highest BCUT2D eigenvalue weighted by atomic mass is 16.3. The fraction of sp³-hybridized carbons (Fsp3) is 0.444. The number of rotatable bonds is 6. The molecule has 130 valence electrons. The highest BCUT2D eigenvalue weighted by molar-refractivity contribution is 5.88. The second-order valence-electron chi connectivity index (χ2n) is 6.44. The van der Waals surface area contributed by atoms with Crippen molar-refractivity contribution in [1.29, 1.82) is 0 Å². The molecule has 0 aliphatic heterocycles. The number of nitrogens with zero attached hydrogens (tertiary/aromatic N) is 2. The van der Waals surface area contributed by atoms with E-state index in [-0.39, 0.29) is 18.1 Å². The van der Waals surface area contributed by atoms with E-state index >= 15 is 0 Å². The van der Waals surface area contributed by atoms with E-state index in [1.54, 1.807) is 11.6 Å². The summed E-state index contributed by atoms with van der Waals surface area (Å²) < 4.78 is 1.80. The van der Waals surface area contributed by atoms with Crippen LogP contribution in [0.4, 0.5) is 10.6 Å². The fourth-order valence-electron chi connectivity index (χ4n) is 2.58. The Balaban J connectivity index is 1.95. The van der Waals surface area contributed by atoms with Crippen molar-refractivity contribution in [3.63, 3.8) is 0 Å². The van der Waals surface area contributed by atoms with Crippen LogP contribution < -0.4 is 10.6 Å². The van der Waals surface area contributed by atoms with E-state index in [2.05, 4.69) is 15.7 Å². The summed E-state index contributed by atoms with van der Waals surface area (Å²) in [6, 6.07) is 9.59. The molecular formula is C18H26N4O2. The maximum Gasteiger partial charge on any atom is 0.320 e. The number of carbonyl (C=O) groups is 1. The largest absolute Gasteiger partial charge is 0.393 e. The van der Waals surface area contributed by atoms with Gasteiger partial charge in [-0.05, 0) is 45.2 Å². The van der Waals surface area contributed by atoms with Crippen LogP contribution in [0.2, 0.25) is 0 Å². The Morgan fingerprint density at radius 3 is 2.54 bits per heavy atom. The topological polar surface area (TPSA) is 79.2 Å². The number of anilines is 1. The van der Waals surface area contributed by atoms with Gasteiger partial charge in [0.25, 0.3) is 0 Å². The van der Waals surface area contributed by atoms with Crippen LogP contribution in [-0.4, -0.2) is 33.6 Å². The number of hydrogen-bond donors (Lipinski definition) is 3. The van der Waals surface area contributed by atoms with Crippen molar-refractivity contribution in [3.8, 4) is 5.69 Å². The third-order valence-electron chi connectivity index (χ3n) is 3.76. The van der Waals surface area contributed by atoms with Crippen molar-refractivity contribution in [2.24, 2.45) is 5.92 Å². The molecule has 0 saturated carbocycles. The van der Waals surface area contributed by atoms with E-state index in [0.29, 0.717) is 18.8 Å². The van der Waals surface area contributed by atoms with Gasteiger partial charge in [0, 0.05) is 18.3 Å². The summed E-state index contributed by atoms with van der Waals surface area (Å²) >= 11 is 0. The minimum atomic E-state index is -0.363. The van der Waals surface area contributed by atoms with Crippen LogP contribution in [0.15, 0.2) is 30.3 Å². The Morgan fingerprint density at radius 1 is 1.25 bits per heavy atom. The quantitative estimate of drug-likeness (QED) is 0.762. The normalized spacial score (nSPS) is 13.4. The maximum atomic E-state index is 12.0. The average Bonchev–Trinajstić information content (AvgIpc) is 2.86. The molecule has 2 amide bonds. The van der Waals surface area contributed by atoms with Gasteiger partial charge in [0.1, 0.15) is 0 Å². The Bertz CT molecular complexity index is 677. The SMILES string of the molecule is Cc1ccc(-n2nc(NC(=O)NCC(C)CC(C)O)cc2C)cc1. The molecule has 2 atom stereocenters. The first-order valence-corrected chi connectivity index (χ1v) is 8.21. The molecule has 24 heavy (non-hydrogen) atoms. The van der Waals surface area contributed by atoms with Crippen molar-refractivity contribution in [2.75, 3.05) is 11.9 Å². The van der Waals surface area contributed by atoms with Gasteiger partial charge in [-0.1, -0.05) is 24.6 Å². The predicted octanol–water partition coefficient (Wildman–Crippen LogP) is 3.02. The zero-order valence-electron chi connectivity index (χ0n) is 14.7. The van der Waals surface area contributed by atoms with Crippen LogP contribution >= 0.6 is 0 Å². The van der Waals surface area contributed by atoms with Crippen LogP contribution in [0.1, 0.15) is 31.5 Å². The Hall–Kier alpha value is -2.34. The van der Waals surface area contributed by atoms with E-state index in [1.807, 2.05) is 51.1 Å². The maximum absolute atomic E-state index is 12.0. The lowest BCUT2D eigenvalue weighted by Crippen LogP contribution is -2.33. The summed E-state index contributed by atoms with van der Waals surface area (Å²) in [6.45, 7) is 8.23.